The van der Waals surface area contributed by atoms with E-state index in [9.17, 15) is 4.79 Å². The Hall–Kier alpha value is -3.02. The Balaban J connectivity index is 2.11. The zero-order valence-corrected chi connectivity index (χ0v) is 13.7. The third-order valence-electron chi connectivity index (χ3n) is 3.63. The number of amides is 1. The Morgan fingerprint density at radius 1 is 1.21 bits per heavy atom. The molecule has 0 spiro atoms. The van der Waals surface area contributed by atoms with E-state index in [4.69, 9.17) is 0 Å². The largest absolute Gasteiger partial charge is 0.351 e. The van der Waals surface area contributed by atoms with E-state index in [0.29, 0.717) is 17.9 Å². The van der Waals surface area contributed by atoms with Crippen molar-refractivity contribution < 1.29 is 4.79 Å². The van der Waals surface area contributed by atoms with E-state index in [1.165, 1.54) is 0 Å². The number of pyridine rings is 1. The summed E-state index contributed by atoms with van der Waals surface area (Å²) in [6, 6.07) is 11.6. The zero-order valence-electron chi connectivity index (χ0n) is 13.7. The van der Waals surface area contributed by atoms with E-state index in [0.717, 1.165) is 23.2 Å². The molecule has 0 unspecified atom stereocenters. The number of nitrogens with zero attached hydrogens (tertiary/aromatic N) is 4. The van der Waals surface area contributed by atoms with E-state index in [2.05, 4.69) is 20.6 Å². The first-order valence-corrected chi connectivity index (χ1v) is 7.92. The van der Waals surface area contributed by atoms with Crippen LogP contribution in [0.3, 0.4) is 0 Å². The lowest BCUT2D eigenvalue weighted by Crippen LogP contribution is -2.25. The normalized spacial score (nSPS) is 10.6. The average Bonchev–Trinajstić information content (AvgIpc) is 3.06. The van der Waals surface area contributed by atoms with Crippen LogP contribution in [0.25, 0.3) is 16.9 Å². The number of rotatable bonds is 5. The molecule has 1 N–H and O–H groups in total. The van der Waals surface area contributed by atoms with Crippen molar-refractivity contribution in [3.05, 3.63) is 60.0 Å². The van der Waals surface area contributed by atoms with Crippen molar-refractivity contribution in [2.75, 3.05) is 6.54 Å². The molecule has 0 atom stereocenters. The van der Waals surface area contributed by atoms with Crippen LogP contribution in [0.1, 0.15) is 29.4 Å². The van der Waals surface area contributed by atoms with Crippen LogP contribution in [-0.4, -0.2) is 32.4 Å². The van der Waals surface area contributed by atoms with Crippen molar-refractivity contribution in [1.29, 1.82) is 0 Å². The van der Waals surface area contributed by atoms with Gasteiger partial charge in [0.1, 0.15) is 5.69 Å². The van der Waals surface area contributed by atoms with Crippen molar-refractivity contribution in [1.82, 2.24) is 25.3 Å². The molecule has 24 heavy (non-hydrogen) atoms. The molecule has 2 heterocycles. The molecule has 0 fully saturated rings. The van der Waals surface area contributed by atoms with Gasteiger partial charge in [-0.1, -0.05) is 29.8 Å². The van der Waals surface area contributed by atoms with Gasteiger partial charge in [-0.05, 0) is 37.6 Å². The second kappa shape index (κ2) is 7.04. The highest BCUT2D eigenvalue weighted by Crippen LogP contribution is 2.24. The van der Waals surface area contributed by atoms with Crippen molar-refractivity contribution >= 4 is 5.91 Å². The van der Waals surface area contributed by atoms with Crippen LogP contribution in [0.4, 0.5) is 0 Å². The SMILES string of the molecule is CCCNC(=O)c1nnn(-c2ccc(C)cc2)c1-c1cccnc1. The van der Waals surface area contributed by atoms with Gasteiger partial charge in [-0.3, -0.25) is 9.78 Å². The lowest BCUT2D eigenvalue weighted by molar-refractivity contribution is 0.0949. The van der Waals surface area contributed by atoms with Crippen LogP contribution in [-0.2, 0) is 0 Å². The molecule has 1 aromatic carbocycles. The van der Waals surface area contributed by atoms with Crippen LogP contribution in [0.5, 0.6) is 0 Å². The number of nitrogens with one attached hydrogen (secondary N) is 1. The van der Waals surface area contributed by atoms with Crippen LogP contribution >= 0.6 is 0 Å². The zero-order chi connectivity index (χ0) is 16.9. The smallest absolute Gasteiger partial charge is 0.274 e. The first-order valence-electron chi connectivity index (χ1n) is 7.92. The molecule has 2 aromatic heterocycles. The van der Waals surface area contributed by atoms with E-state index < -0.39 is 0 Å². The summed E-state index contributed by atoms with van der Waals surface area (Å²) in [7, 11) is 0. The molecule has 1 amide bonds. The Labute approximate surface area is 140 Å². The number of carbonyl (C=O) groups excluding carboxylic acids is 1. The van der Waals surface area contributed by atoms with Gasteiger partial charge in [0.2, 0.25) is 0 Å². The maximum absolute atomic E-state index is 12.4. The molecule has 0 aliphatic heterocycles. The minimum atomic E-state index is -0.228. The summed E-state index contributed by atoms with van der Waals surface area (Å²) in [4.78, 5) is 16.6. The Morgan fingerprint density at radius 3 is 2.67 bits per heavy atom. The highest BCUT2D eigenvalue weighted by molar-refractivity contribution is 5.98. The van der Waals surface area contributed by atoms with Crippen molar-refractivity contribution in [3.63, 3.8) is 0 Å². The average molecular weight is 321 g/mol. The summed E-state index contributed by atoms with van der Waals surface area (Å²) in [6.07, 6.45) is 4.26. The summed E-state index contributed by atoms with van der Waals surface area (Å²) < 4.78 is 1.68. The fourth-order valence-corrected chi connectivity index (χ4v) is 2.39. The highest BCUT2D eigenvalue weighted by atomic mass is 16.2. The fourth-order valence-electron chi connectivity index (χ4n) is 2.39. The second-order valence-electron chi connectivity index (χ2n) is 5.53. The first kappa shape index (κ1) is 15.9. The van der Waals surface area contributed by atoms with Gasteiger partial charge in [-0.15, -0.1) is 5.10 Å². The van der Waals surface area contributed by atoms with Gasteiger partial charge in [0.25, 0.3) is 5.91 Å². The van der Waals surface area contributed by atoms with Gasteiger partial charge < -0.3 is 5.32 Å². The number of aryl methyl sites for hydroxylation is 1. The number of aromatic nitrogens is 4. The van der Waals surface area contributed by atoms with E-state index >= 15 is 0 Å². The molecule has 0 saturated heterocycles. The monoisotopic (exact) mass is 321 g/mol. The molecule has 6 nitrogen and oxygen atoms in total. The van der Waals surface area contributed by atoms with E-state index in [1.54, 1.807) is 17.1 Å². The first-order chi connectivity index (χ1) is 11.7. The summed E-state index contributed by atoms with van der Waals surface area (Å²) >= 11 is 0. The van der Waals surface area contributed by atoms with Gasteiger partial charge in [-0.2, -0.15) is 0 Å². The second-order valence-corrected chi connectivity index (χ2v) is 5.53. The van der Waals surface area contributed by atoms with Crippen molar-refractivity contribution in [3.8, 4) is 16.9 Å². The predicted molar refractivity (Wildman–Crippen MR) is 92.0 cm³/mol. The summed E-state index contributed by atoms with van der Waals surface area (Å²) in [5.41, 5.74) is 3.74. The van der Waals surface area contributed by atoms with Crippen LogP contribution in [0.15, 0.2) is 48.8 Å². The summed E-state index contributed by atoms with van der Waals surface area (Å²) in [6.45, 7) is 4.63. The Kier molecular flexibility index (Phi) is 4.65. The maximum Gasteiger partial charge on any atom is 0.274 e. The predicted octanol–water partition coefficient (Wildman–Crippen LogP) is 2.78. The number of benzene rings is 1. The number of hydrogen-bond acceptors (Lipinski definition) is 4. The Morgan fingerprint density at radius 2 is 2.00 bits per heavy atom. The number of carbonyl (C=O) groups is 1. The van der Waals surface area contributed by atoms with E-state index in [-0.39, 0.29) is 5.91 Å². The minimum absolute atomic E-state index is 0.228. The highest BCUT2D eigenvalue weighted by Gasteiger charge is 2.21. The molecule has 3 aromatic rings. The molecular formula is C18H19N5O. The molecule has 0 radical (unpaired) electrons. The molecule has 0 aliphatic rings. The quantitative estimate of drug-likeness (QED) is 0.784. The molecule has 0 saturated carbocycles. The molecule has 3 rings (SSSR count). The van der Waals surface area contributed by atoms with Crippen LogP contribution in [0, 0.1) is 6.92 Å². The van der Waals surface area contributed by atoms with Crippen LogP contribution in [0.2, 0.25) is 0 Å². The third kappa shape index (κ3) is 3.17. The lowest BCUT2D eigenvalue weighted by Gasteiger charge is -2.08. The standard InChI is InChI=1S/C18H19N5O/c1-3-10-20-18(24)16-17(14-5-4-11-19-12-14)23(22-21-16)15-8-6-13(2)7-9-15/h4-9,11-12H,3,10H2,1-2H3,(H,20,24). The molecule has 122 valence electrons. The van der Waals surface area contributed by atoms with Crippen molar-refractivity contribution in [2.24, 2.45) is 0 Å². The Bertz CT molecular complexity index is 824. The molecule has 0 aliphatic carbocycles. The number of hydrogen-bond donors (Lipinski definition) is 1. The van der Waals surface area contributed by atoms with Gasteiger partial charge in [0.15, 0.2) is 5.69 Å². The van der Waals surface area contributed by atoms with Gasteiger partial charge in [-0.25, -0.2) is 4.68 Å². The van der Waals surface area contributed by atoms with Crippen LogP contribution < -0.4 is 5.32 Å². The molecule has 0 bridgehead atoms. The molecular weight excluding hydrogens is 302 g/mol. The summed E-state index contributed by atoms with van der Waals surface area (Å²) in [5.74, 6) is -0.228. The topological polar surface area (TPSA) is 72.7 Å². The summed E-state index contributed by atoms with van der Waals surface area (Å²) in [5, 5.41) is 11.2. The fraction of sp³-hybridized carbons (Fsp3) is 0.222. The van der Waals surface area contributed by atoms with Gasteiger partial charge in [0, 0.05) is 24.5 Å². The van der Waals surface area contributed by atoms with Gasteiger partial charge in [0.05, 0.1) is 5.69 Å². The lowest BCUT2D eigenvalue weighted by atomic mass is 10.1. The van der Waals surface area contributed by atoms with Crippen molar-refractivity contribution in [2.45, 2.75) is 20.3 Å². The molecule has 6 heteroatoms. The van der Waals surface area contributed by atoms with Gasteiger partial charge >= 0.3 is 0 Å². The minimum Gasteiger partial charge on any atom is -0.351 e. The third-order valence-corrected chi connectivity index (χ3v) is 3.63. The van der Waals surface area contributed by atoms with E-state index in [1.807, 2.05) is 50.2 Å². The maximum atomic E-state index is 12.4.